The number of aromatic nitrogens is 1. The zero-order valence-electron chi connectivity index (χ0n) is 14.5. The number of anilines is 1. The number of nitrogens with zero attached hydrogens (tertiary/aromatic N) is 2. The zero-order valence-corrected chi connectivity index (χ0v) is 14.5. The van der Waals surface area contributed by atoms with Gasteiger partial charge in [-0.2, -0.15) is 0 Å². The van der Waals surface area contributed by atoms with Gasteiger partial charge in [-0.25, -0.2) is 4.39 Å². The van der Waals surface area contributed by atoms with Gasteiger partial charge in [-0.1, -0.05) is 6.07 Å². The van der Waals surface area contributed by atoms with Gasteiger partial charge in [-0.15, -0.1) is 0 Å². The van der Waals surface area contributed by atoms with E-state index >= 15 is 0 Å². The van der Waals surface area contributed by atoms with Gasteiger partial charge in [0.25, 0.3) is 5.91 Å². The monoisotopic (exact) mass is 343 g/mol. The van der Waals surface area contributed by atoms with Crippen LogP contribution >= 0.6 is 0 Å². The molecule has 2 heterocycles. The molecule has 0 atom stereocenters. The second-order valence-electron chi connectivity index (χ2n) is 6.47. The van der Waals surface area contributed by atoms with Crippen molar-refractivity contribution in [3.05, 3.63) is 53.1 Å². The van der Waals surface area contributed by atoms with Crippen LogP contribution in [0.4, 0.5) is 10.1 Å². The first-order chi connectivity index (χ1) is 12.0. The van der Waals surface area contributed by atoms with Crippen LogP contribution in [0, 0.1) is 12.7 Å². The molecular weight excluding hydrogens is 321 g/mol. The summed E-state index contributed by atoms with van der Waals surface area (Å²) < 4.78 is 15.1. The second kappa shape index (κ2) is 7.09. The van der Waals surface area contributed by atoms with Crippen molar-refractivity contribution in [1.82, 2.24) is 9.47 Å². The van der Waals surface area contributed by atoms with Crippen LogP contribution in [0.5, 0.6) is 0 Å². The molecule has 1 saturated heterocycles. The largest absolute Gasteiger partial charge is 0.353 e. The van der Waals surface area contributed by atoms with Crippen molar-refractivity contribution >= 4 is 17.5 Å². The van der Waals surface area contributed by atoms with Crippen LogP contribution in [0.3, 0.4) is 0 Å². The number of nitrogens with one attached hydrogen (secondary N) is 1. The molecule has 5 nitrogen and oxygen atoms in total. The molecule has 6 heteroatoms. The minimum Gasteiger partial charge on any atom is -0.353 e. The Labute approximate surface area is 146 Å². The fraction of sp³-hybridized carbons (Fsp3) is 0.368. The Balaban J connectivity index is 1.83. The molecule has 0 bridgehead atoms. The molecule has 1 aromatic heterocycles. The molecule has 0 saturated carbocycles. The molecule has 1 aliphatic heterocycles. The van der Waals surface area contributed by atoms with Crippen LogP contribution in [-0.4, -0.2) is 34.4 Å². The summed E-state index contributed by atoms with van der Waals surface area (Å²) in [5.74, 6) is -0.696. The van der Waals surface area contributed by atoms with Crippen molar-refractivity contribution in [2.45, 2.75) is 26.2 Å². The first-order valence-electron chi connectivity index (χ1n) is 8.45. The molecule has 1 fully saturated rings. The molecule has 25 heavy (non-hydrogen) atoms. The predicted molar refractivity (Wildman–Crippen MR) is 94.0 cm³/mol. The average molecular weight is 343 g/mol. The van der Waals surface area contributed by atoms with Crippen LogP contribution in [0.2, 0.25) is 0 Å². The Morgan fingerprint density at radius 2 is 1.96 bits per heavy atom. The highest BCUT2D eigenvalue weighted by molar-refractivity contribution is 6.06. The first-order valence-corrected chi connectivity index (χ1v) is 8.45. The van der Waals surface area contributed by atoms with Crippen LogP contribution < -0.4 is 5.32 Å². The molecule has 2 amide bonds. The van der Waals surface area contributed by atoms with Gasteiger partial charge in [0.1, 0.15) is 5.82 Å². The van der Waals surface area contributed by atoms with Gasteiger partial charge in [0.15, 0.2) is 0 Å². The Kier molecular flexibility index (Phi) is 4.88. The van der Waals surface area contributed by atoms with Gasteiger partial charge in [0, 0.05) is 37.7 Å². The van der Waals surface area contributed by atoms with E-state index < -0.39 is 5.82 Å². The van der Waals surface area contributed by atoms with E-state index in [0.29, 0.717) is 16.9 Å². The molecule has 0 aliphatic carbocycles. The molecule has 0 radical (unpaired) electrons. The number of hydrogen-bond acceptors (Lipinski definition) is 2. The third kappa shape index (κ3) is 3.73. The maximum absolute atomic E-state index is 13.3. The lowest BCUT2D eigenvalue weighted by atomic mass is 10.1. The van der Waals surface area contributed by atoms with Gasteiger partial charge in [-0.3, -0.25) is 9.59 Å². The Morgan fingerprint density at radius 1 is 1.24 bits per heavy atom. The summed E-state index contributed by atoms with van der Waals surface area (Å²) in [6, 6.07) is 5.77. The lowest BCUT2D eigenvalue weighted by Gasteiger charge is -2.16. The number of carbonyl (C=O) groups excluding carboxylic acids is 2. The molecule has 132 valence electrons. The van der Waals surface area contributed by atoms with E-state index in [1.54, 1.807) is 12.1 Å². The predicted octanol–water partition coefficient (Wildman–Crippen LogP) is 2.89. The van der Waals surface area contributed by atoms with Gasteiger partial charge >= 0.3 is 0 Å². The maximum Gasteiger partial charge on any atom is 0.257 e. The lowest BCUT2D eigenvalue weighted by Crippen LogP contribution is -2.30. The fourth-order valence-electron chi connectivity index (χ4n) is 3.34. The number of halogens is 1. The molecule has 0 unspecified atom stereocenters. The summed E-state index contributed by atoms with van der Waals surface area (Å²) >= 11 is 0. The summed E-state index contributed by atoms with van der Waals surface area (Å²) in [6.45, 7) is 3.41. The van der Waals surface area contributed by atoms with Gasteiger partial charge in [0.2, 0.25) is 5.91 Å². The van der Waals surface area contributed by atoms with Gasteiger partial charge < -0.3 is 14.8 Å². The zero-order chi connectivity index (χ0) is 18.0. The number of hydrogen-bond donors (Lipinski definition) is 1. The number of carbonyl (C=O) groups is 2. The van der Waals surface area contributed by atoms with Crippen LogP contribution in [0.25, 0.3) is 0 Å². The fourth-order valence-corrected chi connectivity index (χ4v) is 3.34. The third-order valence-corrected chi connectivity index (χ3v) is 4.58. The third-order valence-electron chi connectivity index (χ3n) is 4.58. The standard InChI is InChI=1S/C19H22FN3O2/c1-13-12-22(2)16(11-17(24)23-8-3-4-9-23)18(13)19(25)21-15-7-5-6-14(20)10-15/h5-7,10,12H,3-4,8-9,11H2,1-2H3,(H,21,25). The number of benzene rings is 1. The van der Waals surface area contributed by atoms with Crippen molar-refractivity contribution < 1.29 is 14.0 Å². The molecular formula is C19H22FN3O2. The van der Waals surface area contributed by atoms with Crippen LogP contribution in [0.15, 0.2) is 30.5 Å². The van der Waals surface area contributed by atoms with Crippen LogP contribution in [0.1, 0.15) is 34.5 Å². The highest BCUT2D eigenvalue weighted by Crippen LogP contribution is 2.21. The molecule has 3 rings (SSSR count). The Morgan fingerprint density at radius 3 is 2.64 bits per heavy atom. The minimum atomic E-state index is -0.410. The first kappa shape index (κ1) is 17.2. The summed E-state index contributed by atoms with van der Waals surface area (Å²) in [5.41, 5.74) is 2.35. The summed E-state index contributed by atoms with van der Waals surface area (Å²) in [7, 11) is 1.83. The molecule has 1 aromatic carbocycles. The van der Waals surface area contributed by atoms with Crippen molar-refractivity contribution in [2.75, 3.05) is 18.4 Å². The smallest absolute Gasteiger partial charge is 0.257 e. The van der Waals surface area contributed by atoms with E-state index in [-0.39, 0.29) is 18.2 Å². The van der Waals surface area contributed by atoms with Crippen molar-refractivity contribution in [3.63, 3.8) is 0 Å². The summed E-state index contributed by atoms with van der Waals surface area (Å²) in [4.78, 5) is 27.0. The topological polar surface area (TPSA) is 54.3 Å². The van der Waals surface area contributed by atoms with Crippen molar-refractivity contribution in [1.29, 1.82) is 0 Å². The molecule has 1 aliphatic rings. The van der Waals surface area contributed by atoms with E-state index in [0.717, 1.165) is 31.5 Å². The lowest BCUT2D eigenvalue weighted by molar-refractivity contribution is -0.129. The number of aryl methyl sites for hydroxylation is 2. The summed E-state index contributed by atoms with van der Waals surface area (Å²) in [5, 5.41) is 2.72. The Hall–Kier alpha value is -2.63. The van der Waals surface area contributed by atoms with E-state index in [1.165, 1.54) is 12.1 Å². The van der Waals surface area contributed by atoms with Crippen molar-refractivity contribution in [2.24, 2.45) is 7.05 Å². The average Bonchev–Trinajstić information content (AvgIpc) is 3.16. The maximum atomic E-state index is 13.3. The number of amides is 2. The van der Waals surface area contributed by atoms with E-state index in [1.807, 2.05) is 29.6 Å². The molecule has 2 aromatic rings. The van der Waals surface area contributed by atoms with E-state index in [4.69, 9.17) is 0 Å². The van der Waals surface area contributed by atoms with Crippen molar-refractivity contribution in [3.8, 4) is 0 Å². The number of rotatable bonds is 4. The summed E-state index contributed by atoms with van der Waals surface area (Å²) in [6.07, 6.45) is 4.10. The number of likely N-dealkylation sites (tertiary alicyclic amines) is 1. The van der Waals surface area contributed by atoms with Gasteiger partial charge in [0.05, 0.1) is 12.0 Å². The highest BCUT2D eigenvalue weighted by atomic mass is 19.1. The van der Waals surface area contributed by atoms with Crippen LogP contribution in [-0.2, 0) is 18.3 Å². The van der Waals surface area contributed by atoms with E-state index in [2.05, 4.69) is 5.32 Å². The quantitative estimate of drug-likeness (QED) is 0.928. The minimum absolute atomic E-state index is 0.0403. The normalized spacial score (nSPS) is 14.0. The SMILES string of the molecule is Cc1cn(C)c(CC(=O)N2CCCC2)c1C(=O)Nc1cccc(F)c1. The van der Waals surface area contributed by atoms with Gasteiger partial charge in [-0.05, 0) is 43.5 Å². The second-order valence-corrected chi connectivity index (χ2v) is 6.47. The molecule has 0 spiro atoms. The van der Waals surface area contributed by atoms with E-state index in [9.17, 15) is 14.0 Å². The molecule has 1 N–H and O–H groups in total. The Bertz CT molecular complexity index is 807. The highest BCUT2D eigenvalue weighted by Gasteiger charge is 2.24.